The molecule has 1 aliphatic carbocycles. The Kier molecular flexibility index (Phi) is 3.79. The van der Waals surface area contributed by atoms with Crippen molar-refractivity contribution in [1.82, 2.24) is 5.32 Å². The third kappa shape index (κ3) is 3.30. The summed E-state index contributed by atoms with van der Waals surface area (Å²) in [7, 11) is 0. The zero-order chi connectivity index (χ0) is 12.3. The van der Waals surface area contributed by atoms with Gasteiger partial charge in [-0.15, -0.1) is 0 Å². The van der Waals surface area contributed by atoms with Crippen LogP contribution in [0.15, 0.2) is 30.3 Å². The van der Waals surface area contributed by atoms with E-state index in [1.807, 2.05) is 30.3 Å². The fourth-order valence-corrected chi connectivity index (χ4v) is 2.13. The number of carboxylic acid groups (broad SMARTS) is 1. The van der Waals surface area contributed by atoms with Gasteiger partial charge in [-0.2, -0.15) is 0 Å². The van der Waals surface area contributed by atoms with Crippen LogP contribution in [0.3, 0.4) is 0 Å². The Bertz CT molecular complexity index is 377. The lowest BCUT2D eigenvalue weighted by Crippen LogP contribution is -2.28. The maximum Gasteiger partial charge on any atom is 0.312 e. The Balaban J connectivity index is 1.87. The number of nitrogens with one attached hydrogen (secondary N) is 1. The normalized spacial score (nSPS) is 24.3. The monoisotopic (exact) mass is 233 g/mol. The number of hydrogen-bond acceptors (Lipinski definition) is 2. The third-order valence-electron chi connectivity index (χ3n) is 3.53. The van der Waals surface area contributed by atoms with Crippen molar-refractivity contribution in [3.63, 3.8) is 0 Å². The molecule has 0 aliphatic heterocycles. The van der Waals surface area contributed by atoms with E-state index in [0.717, 1.165) is 23.9 Å². The van der Waals surface area contributed by atoms with E-state index >= 15 is 0 Å². The predicted molar refractivity (Wildman–Crippen MR) is 67.0 cm³/mol. The first-order chi connectivity index (χ1) is 8.18. The van der Waals surface area contributed by atoms with Crippen LogP contribution in [-0.2, 0) is 4.79 Å². The number of aliphatic carboxylic acids is 1. The van der Waals surface area contributed by atoms with Crippen molar-refractivity contribution in [3.05, 3.63) is 35.9 Å². The van der Waals surface area contributed by atoms with Gasteiger partial charge in [-0.1, -0.05) is 37.3 Å². The van der Waals surface area contributed by atoms with Crippen molar-refractivity contribution < 1.29 is 9.90 Å². The third-order valence-corrected chi connectivity index (χ3v) is 3.53. The van der Waals surface area contributed by atoms with Crippen LogP contribution in [0, 0.1) is 11.8 Å². The molecule has 3 nitrogen and oxygen atoms in total. The summed E-state index contributed by atoms with van der Waals surface area (Å²) in [6.07, 6.45) is 1.27. The summed E-state index contributed by atoms with van der Waals surface area (Å²) in [6, 6.07) is 9.42. The van der Waals surface area contributed by atoms with Crippen LogP contribution in [-0.4, -0.2) is 24.2 Å². The first-order valence-corrected chi connectivity index (χ1v) is 6.17. The van der Waals surface area contributed by atoms with E-state index in [1.54, 1.807) is 0 Å². The molecule has 0 spiro atoms. The van der Waals surface area contributed by atoms with Crippen LogP contribution in [0.2, 0.25) is 0 Å². The van der Waals surface area contributed by atoms with Crippen LogP contribution in [0.1, 0.15) is 24.8 Å². The quantitative estimate of drug-likeness (QED) is 0.791. The molecule has 0 amide bonds. The van der Waals surface area contributed by atoms with Gasteiger partial charge >= 0.3 is 5.97 Å². The molecule has 3 heteroatoms. The van der Waals surface area contributed by atoms with E-state index in [9.17, 15) is 9.90 Å². The van der Waals surface area contributed by atoms with Crippen LogP contribution >= 0.6 is 0 Å². The second kappa shape index (κ2) is 5.32. The summed E-state index contributed by atoms with van der Waals surface area (Å²) in [5.41, 5.74) is 0.872. The molecule has 0 bridgehead atoms. The molecule has 3 unspecified atom stereocenters. The van der Waals surface area contributed by atoms with Gasteiger partial charge in [0, 0.05) is 6.54 Å². The highest BCUT2D eigenvalue weighted by Gasteiger charge is 2.32. The second-order valence-electron chi connectivity index (χ2n) is 4.93. The van der Waals surface area contributed by atoms with Crippen molar-refractivity contribution in [3.8, 4) is 0 Å². The Morgan fingerprint density at radius 2 is 2.12 bits per heavy atom. The van der Waals surface area contributed by atoms with Gasteiger partial charge in [-0.05, 0) is 30.4 Å². The topological polar surface area (TPSA) is 49.3 Å². The summed E-state index contributed by atoms with van der Waals surface area (Å²) in [4.78, 5) is 11.2. The zero-order valence-electron chi connectivity index (χ0n) is 10.1. The number of hydrogen-bond donors (Lipinski definition) is 2. The van der Waals surface area contributed by atoms with Gasteiger partial charge in [0.25, 0.3) is 0 Å². The summed E-state index contributed by atoms with van der Waals surface area (Å²) in [5.74, 6) is 0.362. The van der Waals surface area contributed by atoms with Crippen LogP contribution < -0.4 is 5.32 Å². The average Bonchev–Trinajstić information content (AvgIpc) is 3.01. The molecule has 3 atom stereocenters. The van der Waals surface area contributed by atoms with Gasteiger partial charge in [0.1, 0.15) is 0 Å². The SMILES string of the molecule is CC1CC1CNCC(C(=O)O)c1ccccc1. The largest absolute Gasteiger partial charge is 0.481 e. The minimum absolute atomic E-state index is 0.440. The maximum atomic E-state index is 11.2. The average molecular weight is 233 g/mol. The summed E-state index contributed by atoms with van der Waals surface area (Å²) in [5, 5.41) is 12.5. The molecule has 1 saturated carbocycles. The maximum absolute atomic E-state index is 11.2. The predicted octanol–water partition coefficient (Wildman–Crippen LogP) is 2.10. The first kappa shape index (κ1) is 12.1. The molecular weight excluding hydrogens is 214 g/mol. The molecule has 1 aliphatic rings. The summed E-state index contributed by atoms with van der Waals surface area (Å²) in [6.45, 7) is 3.69. The van der Waals surface area contributed by atoms with E-state index in [2.05, 4.69) is 12.2 Å². The van der Waals surface area contributed by atoms with Gasteiger partial charge in [-0.3, -0.25) is 4.79 Å². The number of rotatable bonds is 6. The minimum Gasteiger partial charge on any atom is -0.481 e. The smallest absolute Gasteiger partial charge is 0.312 e. The van der Waals surface area contributed by atoms with Crippen molar-refractivity contribution in [2.45, 2.75) is 19.3 Å². The highest BCUT2D eigenvalue weighted by atomic mass is 16.4. The summed E-state index contributed by atoms with van der Waals surface area (Å²) < 4.78 is 0. The molecule has 0 aromatic heterocycles. The molecule has 1 fully saturated rings. The number of carboxylic acids is 1. The van der Waals surface area contributed by atoms with Crippen molar-refractivity contribution >= 4 is 5.97 Å². The van der Waals surface area contributed by atoms with E-state index < -0.39 is 11.9 Å². The lowest BCUT2D eigenvalue weighted by molar-refractivity contribution is -0.138. The van der Waals surface area contributed by atoms with E-state index in [-0.39, 0.29) is 0 Å². The second-order valence-corrected chi connectivity index (χ2v) is 4.93. The minimum atomic E-state index is -0.757. The lowest BCUT2D eigenvalue weighted by atomic mass is 9.99. The van der Waals surface area contributed by atoms with Crippen LogP contribution in [0.4, 0.5) is 0 Å². The van der Waals surface area contributed by atoms with Crippen molar-refractivity contribution in [2.75, 3.05) is 13.1 Å². The highest BCUT2D eigenvalue weighted by molar-refractivity contribution is 5.76. The summed E-state index contributed by atoms with van der Waals surface area (Å²) >= 11 is 0. The molecule has 2 rings (SSSR count). The Labute approximate surface area is 102 Å². The van der Waals surface area contributed by atoms with Gasteiger partial charge < -0.3 is 10.4 Å². The van der Waals surface area contributed by atoms with Gasteiger partial charge in [0.15, 0.2) is 0 Å². The highest BCUT2D eigenvalue weighted by Crippen LogP contribution is 2.36. The van der Waals surface area contributed by atoms with Crippen LogP contribution in [0.5, 0.6) is 0 Å². The molecule has 1 aromatic carbocycles. The first-order valence-electron chi connectivity index (χ1n) is 6.17. The standard InChI is InChI=1S/C14H19NO2/c1-10-7-12(10)8-15-9-13(14(16)17)11-5-3-2-4-6-11/h2-6,10,12-13,15H,7-9H2,1H3,(H,16,17). The molecule has 17 heavy (non-hydrogen) atoms. The fourth-order valence-electron chi connectivity index (χ4n) is 2.13. The number of benzene rings is 1. The number of carbonyl (C=O) groups is 1. The molecule has 0 saturated heterocycles. The Morgan fingerprint density at radius 3 is 2.65 bits per heavy atom. The van der Waals surface area contributed by atoms with Gasteiger partial charge in [0.05, 0.1) is 5.92 Å². The van der Waals surface area contributed by atoms with Gasteiger partial charge in [-0.25, -0.2) is 0 Å². The fraction of sp³-hybridized carbons (Fsp3) is 0.500. The van der Waals surface area contributed by atoms with Crippen molar-refractivity contribution in [2.24, 2.45) is 11.8 Å². The Morgan fingerprint density at radius 1 is 1.47 bits per heavy atom. The van der Waals surface area contributed by atoms with E-state index in [1.165, 1.54) is 6.42 Å². The molecular formula is C14H19NO2. The molecule has 92 valence electrons. The molecule has 1 aromatic rings. The van der Waals surface area contributed by atoms with E-state index in [4.69, 9.17) is 0 Å². The lowest BCUT2D eigenvalue weighted by Gasteiger charge is -2.13. The van der Waals surface area contributed by atoms with E-state index in [0.29, 0.717) is 6.54 Å². The Hall–Kier alpha value is -1.35. The molecule has 2 N–H and O–H groups in total. The zero-order valence-corrected chi connectivity index (χ0v) is 10.1. The van der Waals surface area contributed by atoms with Crippen LogP contribution in [0.25, 0.3) is 0 Å². The van der Waals surface area contributed by atoms with Crippen molar-refractivity contribution in [1.29, 1.82) is 0 Å². The molecule has 0 heterocycles. The van der Waals surface area contributed by atoms with Gasteiger partial charge in [0.2, 0.25) is 0 Å². The molecule has 0 radical (unpaired) electrons.